The Morgan fingerprint density at radius 2 is 1.55 bits per heavy atom. The Labute approximate surface area is 194 Å². The zero-order chi connectivity index (χ0) is 25.2. The van der Waals surface area contributed by atoms with Crippen LogP contribution < -0.4 is 14.8 Å². The lowest BCUT2D eigenvalue weighted by Crippen LogP contribution is -2.42. The number of hydrogen-bond acceptors (Lipinski definition) is 8. The van der Waals surface area contributed by atoms with E-state index in [1.54, 1.807) is 26.8 Å². The van der Waals surface area contributed by atoms with Crippen LogP contribution in [0.2, 0.25) is 0 Å². The summed E-state index contributed by atoms with van der Waals surface area (Å²) in [4.78, 5) is 47.2. The average molecular weight is 466 g/mol. The Morgan fingerprint density at radius 3 is 2.06 bits per heavy atom. The lowest BCUT2D eigenvalue weighted by Gasteiger charge is -2.21. The molecule has 1 rings (SSSR count). The molecule has 1 unspecified atom stereocenters. The summed E-state index contributed by atoms with van der Waals surface area (Å²) in [7, 11) is 0. The molecular formula is C24H35NO8. The molecule has 0 heterocycles. The molecule has 0 aromatic heterocycles. The van der Waals surface area contributed by atoms with Gasteiger partial charge >= 0.3 is 23.9 Å². The fourth-order valence-corrected chi connectivity index (χ4v) is 2.76. The van der Waals surface area contributed by atoms with Crippen LogP contribution in [-0.4, -0.2) is 47.7 Å². The van der Waals surface area contributed by atoms with Crippen LogP contribution in [0.3, 0.4) is 0 Å². The third-order valence-electron chi connectivity index (χ3n) is 4.43. The number of aliphatic carboxylic acids is 1. The van der Waals surface area contributed by atoms with Gasteiger partial charge in [0.2, 0.25) is 0 Å². The molecule has 0 amide bonds. The second-order valence-electron chi connectivity index (χ2n) is 8.98. The van der Waals surface area contributed by atoms with Crippen LogP contribution in [0.1, 0.15) is 66.4 Å². The van der Waals surface area contributed by atoms with Crippen LogP contribution >= 0.6 is 0 Å². The molecule has 1 aromatic carbocycles. The van der Waals surface area contributed by atoms with Gasteiger partial charge in [-0.3, -0.25) is 19.2 Å². The summed E-state index contributed by atoms with van der Waals surface area (Å²) in [5, 5.41) is 12.5. The van der Waals surface area contributed by atoms with E-state index in [-0.39, 0.29) is 55.1 Å². The Balaban J connectivity index is 2.88. The number of rotatable bonds is 12. The number of nitrogens with one attached hydrogen (secondary N) is 1. The Morgan fingerprint density at radius 1 is 0.970 bits per heavy atom. The zero-order valence-corrected chi connectivity index (χ0v) is 20.2. The minimum absolute atomic E-state index is 0.0507. The molecule has 2 atom stereocenters. The van der Waals surface area contributed by atoms with Crippen molar-refractivity contribution in [3.05, 3.63) is 23.8 Å². The van der Waals surface area contributed by atoms with Gasteiger partial charge in [-0.15, -0.1) is 0 Å². The Bertz CT molecular complexity index is 843. The SMILES string of the molecule is CCC(=O)Oc1ccc(C[C@H](NCC(C)OC(=O)CC(C)(C)C)C(=O)O)cc1OC(=O)CC. The van der Waals surface area contributed by atoms with E-state index in [0.29, 0.717) is 5.56 Å². The van der Waals surface area contributed by atoms with Gasteiger partial charge in [0.05, 0.1) is 6.42 Å². The number of carbonyl (C=O) groups is 4. The third-order valence-corrected chi connectivity index (χ3v) is 4.43. The Kier molecular flexibility index (Phi) is 11.0. The predicted octanol–water partition coefficient (Wildman–Crippen LogP) is 3.27. The smallest absolute Gasteiger partial charge is 0.321 e. The number of ether oxygens (including phenoxy) is 3. The van der Waals surface area contributed by atoms with Gasteiger partial charge in [0.25, 0.3) is 0 Å². The van der Waals surface area contributed by atoms with Crippen molar-refractivity contribution in [2.45, 2.75) is 79.4 Å². The summed E-state index contributed by atoms with van der Waals surface area (Å²) in [6, 6.07) is 3.58. The maximum atomic E-state index is 12.0. The van der Waals surface area contributed by atoms with Crippen LogP contribution in [0.25, 0.3) is 0 Å². The number of esters is 3. The van der Waals surface area contributed by atoms with Gasteiger partial charge in [0, 0.05) is 19.4 Å². The van der Waals surface area contributed by atoms with E-state index >= 15 is 0 Å². The van der Waals surface area contributed by atoms with E-state index < -0.39 is 30.1 Å². The summed E-state index contributed by atoms with van der Waals surface area (Å²) in [6.45, 7) is 10.9. The van der Waals surface area contributed by atoms with Crippen molar-refractivity contribution in [3.63, 3.8) is 0 Å². The van der Waals surface area contributed by atoms with Gasteiger partial charge in [-0.25, -0.2) is 0 Å². The largest absolute Gasteiger partial charge is 0.480 e. The number of carbonyl (C=O) groups excluding carboxylic acids is 3. The van der Waals surface area contributed by atoms with Crippen molar-refractivity contribution in [2.24, 2.45) is 5.41 Å². The van der Waals surface area contributed by atoms with Crippen LogP contribution in [0, 0.1) is 5.41 Å². The molecule has 0 aliphatic heterocycles. The van der Waals surface area contributed by atoms with Gasteiger partial charge in [0.15, 0.2) is 11.5 Å². The summed E-state index contributed by atoms with van der Waals surface area (Å²) >= 11 is 0. The highest BCUT2D eigenvalue weighted by Crippen LogP contribution is 2.30. The van der Waals surface area contributed by atoms with Gasteiger partial charge in [-0.05, 0) is 36.5 Å². The fourth-order valence-electron chi connectivity index (χ4n) is 2.76. The molecule has 0 aliphatic carbocycles. The molecule has 2 N–H and O–H groups in total. The maximum absolute atomic E-state index is 12.0. The molecule has 0 aliphatic rings. The molecule has 1 aromatic rings. The van der Waals surface area contributed by atoms with Crippen molar-refractivity contribution in [2.75, 3.05) is 6.54 Å². The second-order valence-corrected chi connectivity index (χ2v) is 8.98. The summed E-state index contributed by atoms with van der Waals surface area (Å²) in [6.07, 6.45) is 0.0756. The molecule has 9 heteroatoms. The van der Waals surface area contributed by atoms with Crippen LogP contribution in [0.15, 0.2) is 18.2 Å². The minimum Gasteiger partial charge on any atom is -0.480 e. The molecule has 9 nitrogen and oxygen atoms in total. The molecule has 0 saturated carbocycles. The maximum Gasteiger partial charge on any atom is 0.321 e. The van der Waals surface area contributed by atoms with Crippen molar-refractivity contribution in [1.82, 2.24) is 5.32 Å². The highest BCUT2D eigenvalue weighted by atomic mass is 16.6. The predicted molar refractivity (Wildman–Crippen MR) is 121 cm³/mol. The van der Waals surface area contributed by atoms with Crippen molar-refractivity contribution in [1.29, 1.82) is 0 Å². The first-order chi connectivity index (χ1) is 15.3. The highest BCUT2D eigenvalue weighted by Gasteiger charge is 2.23. The first-order valence-electron chi connectivity index (χ1n) is 11.0. The summed E-state index contributed by atoms with van der Waals surface area (Å²) < 4.78 is 15.8. The molecule has 0 spiro atoms. The minimum atomic E-state index is -1.09. The molecule has 0 bridgehead atoms. The summed E-state index contributed by atoms with van der Waals surface area (Å²) in [5.41, 5.74) is 0.354. The molecule has 0 radical (unpaired) electrons. The van der Waals surface area contributed by atoms with E-state index in [1.807, 2.05) is 20.8 Å². The van der Waals surface area contributed by atoms with Gasteiger partial charge < -0.3 is 24.6 Å². The second kappa shape index (κ2) is 12.9. The fraction of sp³-hybridized carbons (Fsp3) is 0.583. The lowest BCUT2D eigenvalue weighted by atomic mass is 9.92. The molecule has 184 valence electrons. The lowest BCUT2D eigenvalue weighted by molar-refractivity contribution is -0.150. The van der Waals surface area contributed by atoms with Crippen LogP contribution in [0.5, 0.6) is 11.5 Å². The molecule has 33 heavy (non-hydrogen) atoms. The summed E-state index contributed by atoms with van der Waals surface area (Å²) in [5.74, 6) is -2.29. The zero-order valence-electron chi connectivity index (χ0n) is 20.2. The van der Waals surface area contributed by atoms with Crippen LogP contribution in [0.4, 0.5) is 0 Å². The number of carboxylic acids is 1. The first kappa shape index (κ1) is 28.1. The van der Waals surface area contributed by atoms with Crippen molar-refractivity contribution >= 4 is 23.9 Å². The standard InChI is InChI=1S/C24H35NO8/c1-7-20(26)32-18-10-9-16(12-19(18)33-21(27)8-2)11-17(23(29)30)25-14-15(3)31-22(28)13-24(4,5)6/h9-10,12,15,17,25H,7-8,11,13-14H2,1-6H3,(H,29,30)/t15?,17-/m0/s1. The molecular weight excluding hydrogens is 430 g/mol. The van der Waals surface area contributed by atoms with E-state index in [2.05, 4.69) is 5.32 Å². The number of carboxylic acid groups (broad SMARTS) is 1. The monoisotopic (exact) mass is 465 g/mol. The molecule has 0 saturated heterocycles. The van der Waals surface area contributed by atoms with Gasteiger partial charge in [-0.2, -0.15) is 0 Å². The number of hydrogen-bond donors (Lipinski definition) is 2. The van der Waals surface area contributed by atoms with E-state index in [9.17, 15) is 24.3 Å². The molecule has 0 fully saturated rings. The van der Waals surface area contributed by atoms with E-state index in [1.165, 1.54) is 12.1 Å². The van der Waals surface area contributed by atoms with Crippen LogP contribution in [-0.2, 0) is 30.3 Å². The van der Waals surface area contributed by atoms with Gasteiger partial charge in [0.1, 0.15) is 12.1 Å². The highest BCUT2D eigenvalue weighted by molar-refractivity contribution is 5.76. The van der Waals surface area contributed by atoms with E-state index in [4.69, 9.17) is 14.2 Å². The van der Waals surface area contributed by atoms with E-state index in [0.717, 1.165) is 0 Å². The third kappa shape index (κ3) is 11.0. The topological polar surface area (TPSA) is 128 Å². The normalized spacial score (nSPS) is 13.0. The average Bonchev–Trinajstić information content (AvgIpc) is 2.70. The first-order valence-corrected chi connectivity index (χ1v) is 11.0. The quantitative estimate of drug-likeness (QED) is 0.353. The number of benzene rings is 1. The Hall–Kier alpha value is -2.94. The van der Waals surface area contributed by atoms with Crippen molar-refractivity contribution in [3.8, 4) is 11.5 Å². The van der Waals surface area contributed by atoms with Gasteiger partial charge in [-0.1, -0.05) is 40.7 Å². The van der Waals surface area contributed by atoms with Crippen molar-refractivity contribution < 1.29 is 38.5 Å².